The molecular weight excluding hydrogens is 334 g/mol. The Hall–Kier alpha value is -1.98. The lowest BCUT2D eigenvalue weighted by Crippen LogP contribution is -2.35. The van der Waals surface area contributed by atoms with Crippen molar-refractivity contribution in [3.05, 3.63) is 65.7 Å². The third-order valence-electron chi connectivity index (χ3n) is 4.29. The first kappa shape index (κ1) is 17.8. The summed E-state index contributed by atoms with van der Waals surface area (Å²) in [5.41, 5.74) is 2.43. The Bertz CT molecular complexity index is 675. The highest BCUT2D eigenvalue weighted by Gasteiger charge is 2.22. The number of aliphatic carboxylic acids is 1. The smallest absolute Gasteiger partial charge is 0.304 e. The largest absolute Gasteiger partial charge is 0.489 e. The zero-order valence-electron chi connectivity index (χ0n) is 14.1. The molecular formula is C20H23NO3S. The third kappa shape index (κ3) is 5.51. The molecule has 3 rings (SSSR count). The van der Waals surface area contributed by atoms with Crippen molar-refractivity contribution in [3.8, 4) is 5.75 Å². The van der Waals surface area contributed by atoms with Gasteiger partial charge in [0, 0.05) is 30.6 Å². The van der Waals surface area contributed by atoms with Gasteiger partial charge < -0.3 is 14.7 Å². The molecule has 1 saturated heterocycles. The van der Waals surface area contributed by atoms with Gasteiger partial charge in [0.1, 0.15) is 12.4 Å². The Balaban J connectivity index is 1.53. The van der Waals surface area contributed by atoms with Crippen LogP contribution >= 0.6 is 11.8 Å². The number of hydrogen-bond donors (Lipinski definition) is 1. The quantitative estimate of drug-likeness (QED) is 0.816. The average molecular weight is 357 g/mol. The Labute approximate surface area is 152 Å². The Morgan fingerprint density at radius 1 is 1.16 bits per heavy atom. The van der Waals surface area contributed by atoms with E-state index in [1.54, 1.807) is 0 Å². The monoisotopic (exact) mass is 357 g/mol. The summed E-state index contributed by atoms with van der Waals surface area (Å²) >= 11 is 1.94. The number of rotatable bonds is 7. The molecule has 1 fully saturated rings. The number of carboxylic acids is 1. The van der Waals surface area contributed by atoms with Crippen LogP contribution in [0, 0.1) is 0 Å². The van der Waals surface area contributed by atoms with Crippen molar-refractivity contribution in [1.29, 1.82) is 0 Å². The number of nitrogens with zero attached hydrogens (tertiary/aromatic N) is 1. The molecule has 2 aromatic rings. The molecule has 1 aliphatic heterocycles. The fraction of sp³-hybridized carbons (Fsp3) is 0.350. The van der Waals surface area contributed by atoms with Gasteiger partial charge in [-0.05, 0) is 23.3 Å². The highest BCUT2D eigenvalue weighted by atomic mass is 32.2. The maximum absolute atomic E-state index is 10.7. The highest BCUT2D eigenvalue weighted by molar-refractivity contribution is 7.99. The van der Waals surface area contributed by atoms with E-state index < -0.39 is 5.97 Å². The van der Waals surface area contributed by atoms with Gasteiger partial charge in [-0.2, -0.15) is 11.8 Å². The third-order valence-corrected chi connectivity index (χ3v) is 5.53. The number of ether oxygens (including phenoxy) is 1. The Morgan fingerprint density at radius 3 is 2.64 bits per heavy atom. The molecule has 0 aliphatic carbocycles. The van der Waals surface area contributed by atoms with Crippen molar-refractivity contribution in [3.63, 3.8) is 0 Å². The molecule has 2 aromatic carbocycles. The summed E-state index contributed by atoms with van der Waals surface area (Å²) in [4.78, 5) is 13.0. The van der Waals surface area contributed by atoms with Gasteiger partial charge in [-0.1, -0.05) is 42.5 Å². The molecule has 0 aromatic heterocycles. The molecule has 0 unspecified atom stereocenters. The van der Waals surface area contributed by atoms with E-state index in [4.69, 9.17) is 9.84 Å². The summed E-state index contributed by atoms with van der Waals surface area (Å²) in [6, 6.07) is 18.4. The van der Waals surface area contributed by atoms with E-state index in [1.165, 1.54) is 5.56 Å². The Morgan fingerprint density at radius 2 is 1.92 bits per heavy atom. The van der Waals surface area contributed by atoms with E-state index in [9.17, 15) is 4.79 Å². The minimum absolute atomic E-state index is 0.212. The number of carboxylic acid groups (broad SMARTS) is 1. The normalized spacial score (nSPS) is 18.0. The van der Waals surface area contributed by atoms with E-state index in [0.29, 0.717) is 18.4 Å². The van der Waals surface area contributed by atoms with Crippen molar-refractivity contribution in [2.45, 2.75) is 18.3 Å². The molecule has 5 heteroatoms. The van der Waals surface area contributed by atoms with E-state index >= 15 is 0 Å². The van der Waals surface area contributed by atoms with Crippen LogP contribution in [-0.4, -0.2) is 41.4 Å². The first-order chi connectivity index (χ1) is 12.2. The second kappa shape index (κ2) is 8.92. The number of thioether (sulfide) groups is 1. The molecule has 0 saturated carbocycles. The molecule has 0 radical (unpaired) electrons. The average Bonchev–Trinajstić information content (AvgIpc) is 2.66. The van der Waals surface area contributed by atoms with Gasteiger partial charge in [0.2, 0.25) is 0 Å². The zero-order valence-corrected chi connectivity index (χ0v) is 15.0. The van der Waals surface area contributed by atoms with Gasteiger partial charge in [-0.15, -0.1) is 0 Å². The van der Waals surface area contributed by atoms with Crippen LogP contribution in [0.4, 0.5) is 0 Å². The summed E-state index contributed by atoms with van der Waals surface area (Å²) in [6.45, 7) is 3.07. The standard InChI is InChI=1S/C20H23NO3S/c22-20(23)10-11-21-12-13-25-19(14-21)17-6-8-18(9-7-17)24-15-16-4-2-1-3-5-16/h1-9,19H,10-15H2,(H,22,23)/t19-/m0/s1. The lowest BCUT2D eigenvalue weighted by atomic mass is 10.1. The molecule has 0 bridgehead atoms. The first-order valence-electron chi connectivity index (χ1n) is 8.53. The van der Waals surface area contributed by atoms with Crippen LogP contribution in [0.15, 0.2) is 54.6 Å². The topological polar surface area (TPSA) is 49.8 Å². The lowest BCUT2D eigenvalue weighted by molar-refractivity contribution is -0.137. The van der Waals surface area contributed by atoms with Gasteiger partial charge in [-0.25, -0.2) is 0 Å². The van der Waals surface area contributed by atoms with Crippen LogP contribution in [0.5, 0.6) is 5.75 Å². The summed E-state index contributed by atoms with van der Waals surface area (Å²) in [6.07, 6.45) is 0.212. The first-order valence-corrected chi connectivity index (χ1v) is 9.58. The van der Waals surface area contributed by atoms with Gasteiger partial charge in [0.05, 0.1) is 6.42 Å². The number of benzene rings is 2. The Kier molecular flexibility index (Phi) is 6.36. The van der Waals surface area contributed by atoms with Crippen LogP contribution in [-0.2, 0) is 11.4 Å². The van der Waals surface area contributed by atoms with E-state index in [-0.39, 0.29) is 6.42 Å². The highest BCUT2D eigenvalue weighted by Crippen LogP contribution is 2.34. The molecule has 1 N–H and O–H groups in total. The van der Waals surface area contributed by atoms with Crippen LogP contribution in [0.3, 0.4) is 0 Å². The van der Waals surface area contributed by atoms with Crippen molar-refractivity contribution >= 4 is 17.7 Å². The van der Waals surface area contributed by atoms with Crippen LogP contribution in [0.25, 0.3) is 0 Å². The minimum atomic E-state index is -0.727. The van der Waals surface area contributed by atoms with Crippen LogP contribution < -0.4 is 4.74 Å². The maximum Gasteiger partial charge on any atom is 0.304 e. The number of carbonyl (C=O) groups is 1. The number of hydrogen-bond acceptors (Lipinski definition) is 4. The second-order valence-electron chi connectivity index (χ2n) is 6.15. The molecule has 132 valence electrons. The van der Waals surface area contributed by atoms with Crippen LogP contribution in [0.2, 0.25) is 0 Å². The molecule has 0 amide bonds. The van der Waals surface area contributed by atoms with Crippen molar-refractivity contribution < 1.29 is 14.6 Å². The predicted molar refractivity (Wildman–Crippen MR) is 101 cm³/mol. The van der Waals surface area contributed by atoms with Crippen molar-refractivity contribution in [2.75, 3.05) is 25.4 Å². The summed E-state index contributed by atoms with van der Waals surface area (Å²) in [5.74, 6) is 1.18. The summed E-state index contributed by atoms with van der Waals surface area (Å²) < 4.78 is 5.84. The maximum atomic E-state index is 10.7. The van der Waals surface area contributed by atoms with Gasteiger partial charge in [-0.3, -0.25) is 4.79 Å². The van der Waals surface area contributed by atoms with Gasteiger partial charge in [0.25, 0.3) is 0 Å². The predicted octanol–water partition coefficient (Wildman–Crippen LogP) is 3.83. The SMILES string of the molecule is O=C(O)CCN1CCS[C@H](c2ccc(OCc3ccccc3)cc2)C1. The second-order valence-corrected chi connectivity index (χ2v) is 7.46. The lowest BCUT2D eigenvalue weighted by Gasteiger charge is -2.32. The van der Waals surface area contributed by atoms with Crippen molar-refractivity contribution in [2.24, 2.45) is 0 Å². The molecule has 1 aliphatic rings. The molecule has 1 heterocycles. The van der Waals surface area contributed by atoms with E-state index in [2.05, 4.69) is 29.2 Å². The zero-order chi connectivity index (χ0) is 17.5. The fourth-order valence-corrected chi connectivity index (χ4v) is 4.19. The molecule has 25 heavy (non-hydrogen) atoms. The molecule has 1 atom stereocenters. The van der Waals surface area contributed by atoms with E-state index in [1.807, 2.05) is 42.1 Å². The van der Waals surface area contributed by atoms with Crippen LogP contribution in [0.1, 0.15) is 22.8 Å². The van der Waals surface area contributed by atoms with Crippen molar-refractivity contribution in [1.82, 2.24) is 4.90 Å². The summed E-state index contributed by atoms with van der Waals surface area (Å²) in [7, 11) is 0. The van der Waals surface area contributed by atoms with E-state index in [0.717, 1.165) is 30.2 Å². The summed E-state index contributed by atoms with van der Waals surface area (Å²) in [5, 5.41) is 9.24. The minimum Gasteiger partial charge on any atom is -0.489 e. The molecule has 0 spiro atoms. The molecule has 4 nitrogen and oxygen atoms in total. The fourth-order valence-electron chi connectivity index (χ4n) is 2.88. The van der Waals surface area contributed by atoms with Gasteiger partial charge >= 0.3 is 5.97 Å². The van der Waals surface area contributed by atoms with Gasteiger partial charge in [0.15, 0.2) is 0 Å².